The predicted molar refractivity (Wildman–Crippen MR) is 64.6 cm³/mol. The first kappa shape index (κ1) is 12.2. The highest BCUT2D eigenvalue weighted by Crippen LogP contribution is 2.15. The molecule has 0 spiro atoms. The molecular weight excluding hydrogens is 240 g/mol. The lowest BCUT2D eigenvalue weighted by Gasteiger charge is -2.22. The van der Waals surface area contributed by atoms with E-state index in [0.29, 0.717) is 18.8 Å². The molecule has 2 rings (SSSR count). The molecule has 0 atom stereocenters. The van der Waals surface area contributed by atoms with Gasteiger partial charge in [0, 0.05) is 6.04 Å². The topological polar surface area (TPSA) is 84.8 Å². The van der Waals surface area contributed by atoms with Gasteiger partial charge < -0.3 is 5.32 Å². The Labute approximate surface area is 101 Å². The fourth-order valence-electron chi connectivity index (χ4n) is 1.73. The normalized spacial score (nSPS) is 20.1. The predicted octanol–water partition coefficient (Wildman–Crippen LogP) is 0.478. The summed E-state index contributed by atoms with van der Waals surface area (Å²) in [7, 11) is -2.82. The number of nitrogens with one attached hydrogen (secondary N) is 1. The number of aryl methyl sites for hydroxylation is 2. The maximum Gasteiger partial charge on any atom is 0.243 e. The van der Waals surface area contributed by atoms with Gasteiger partial charge in [-0.3, -0.25) is 0 Å². The van der Waals surface area contributed by atoms with Crippen LogP contribution in [0.2, 0.25) is 0 Å². The van der Waals surface area contributed by atoms with E-state index in [4.69, 9.17) is 0 Å². The van der Waals surface area contributed by atoms with Crippen LogP contribution in [-0.4, -0.2) is 41.1 Å². The van der Waals surface area contributed by atoms with E-state index in [1.807, 2.05) is 13.8 Å². The third kappa shape index (κ3) is 3.12. The number of nitrogens with zero attached hydrogens (tertiary/aromatic N) is 3. The Bertz CT molecular complexity index is 501. The molecule has 94 valence electrons. The zero-order valence-electron chi connectivity index (χ0n) is 9.97. The molecule has 1 aliphatic rings. The van der Waals surface area contributed by atoms with Crippen LogP contribution in [-0.2, 0) is 9.84 Å². The second kappa shape index (κ2) is 4.56. The summed E-state index contributed by atoms with van der Waals surface area (Å²) in [5.41, 5.74) is 1.65. The van der Waals surface area contributed by atoms with Crippen LogP contribution < -0.4 is 5.32 Å². The fraction of sp³-hybridized carbons (Fsp3) is 0.700. The molecule has 1 aromatic rings. The van der Waals surface area contributed by atoms with Crippen LogP contribution in [0.3, 0.4) is 0 Å². The van der Waals surface area contributed by atoms with Gasteiger partial charge in [-0.2, -0.15) is 5.10 Å². The largest absolute Gasteiger partial charge is 0.350 e. The van der Waals surface area contributed by atoms with Gasteiger partial charge in [0.1, 0.15) is 9.84 Å². The number of sulfone groups is 1. The average Bonchev–Trinajstić information content (AvgIpc) is 2.27. The number of anilines is 1. The van der Waals surface area contributed by atoms with Gasteiger partial charge in [-0.15, -0.1) is 5.10 Å². The van der Waals surface area contributed by atoms with E-state index in [-0.39, 0.29) is 17.5 Å². The van der Waals surface area contributed by atoms with Crippen molar-refractivity contribution in [3.63, 3.8) is 0 Å². The number of rotatable bonds is 2. The van der Waals surface area contributed by atoms with Gasteiger partial charge in [0.25, 0.3) is 0 Å². The number of aromatic nitrogens is 3. The third-order valence-corrected chi connectivity index (χ3v) is 4.70. The lowest BCUT2D eigenvalue weighted by Crippen LogP contribution is -2.32. The Hall–Kier alpha value is -1.24. The van der Waals surface area contributed by atoms with Gasteiger partial charge in [-0.25, -0.2) is 13.4 Å². The van der Waals surface area contributed by atoms with Crippen molar-refractivity contribution in [3.8, 4) is 0 Å². The molecule has 1 aliphatic heterocycles. The molecule has 17 heavy (non-hydrogen) atoms. The fourth-order valence-corrected chi connectivity index (χ4v) is 3.23. The van der Waals surface area contributed by atoms with E-state index in [0.717, 1.165) is 11.4 Å². The van der Waals surface area contributed by atoms with Gasteiger partial charge >= 0.3 is 0 Å². The Morgan fingerprint density at radius 3 is 2.35 bits per heavy atom. The zero-order chi connectivity index (χ0) is 12.5. The SMILES string of the molecule is Cc1nnc(NC2CCS(=O)(=O)CC2)nc1C. The molecule has 0 unspecified atom stereocenters. The van der Waals surface area contributed by atoms with Gasteiger partial charge in [-0.05, 0) is 26.7 Å². The van der Waals surface area contributed by atoms with E-state index in [9.17, 15) is 8.42 Å². The van der Waals surface area contributed by atoms with E-state index in [2.05, 4.69) is 20.5 Å². The monoisotopic (exact) mass is 256 g/mol. The highest BCUT2D eigenvalue weighted by atomic mass is 32.2. The van der Waals surface area contributed by atoms with Crippen LogP contribution in [0.1, 0.15) is 24.2 Å². The summed E-state index contributed by atoms with van der Waals surface area (Å²) >= 11 is 0. The zero-order valence-corrected chi connectivity index (χ0v) is 10.8. The van der Waals surface area contributed by atoms with E-state index in [1.165, 1.54) is 0 Å². The highest BCUT2D eigenvalue weighted by molar-refractivity contribution is 7.91. The first-order valence-electron chi connectivity index (χ1n) is 5.61. The molecule has 1 N–H and O–H groups in total. The third-order valence-electron chi connectivity index (χ3n) is 2.98. The molecule has 0 aromatic carbocycles. The van der Waals surface area contributed by atoms with Crippen molar-refractivity contribution in [1.82, 2.24) is 15.2 Å². The van der Waals surface area contributed by atoms with E-state index >= 15 is 0 Å². The lowest BCUT2D eigenvalue weighted by atomic mass is 10.2. The molecule has 6 nitrogen and oxygen atoms in total. The molecule has 2 heterocycles. The van der Waals surface area contributed by atoms with Crippen molar-refractivity contribution >= 4 is 15.8 Å². The Balaban J connectivity index is 2.00. The molecule has 1 fully saturated rings. The maximum absolute atomic E-state index is 11.3. The van der Waals surface area contributed by atoms with Crippen molar-refractivity contribution in [1.29, 1.82) is 0 Å². The molecule has 0 radical (unpaired) electrons. The first-order valence-corrected chi connectivity index (χ1v) is 7.43. The second-order valence-electron chi connectivity index (χ2n) is 4.38. The molecule has 7 heteroatoms. The molecule has 0 saturated carbocycles. The summed E-state index contributed by atoms with van der Waals surface area (Å²) in [6.45, 7) is 3.73. The van der Waals surface area contributed by atoms with Crippen LogP contribution in [0.4, 0.5) is 5.95 Å². The first-order chi connectivity index (χ1) is 7.96. The molecule has 0 amide bonds. The highest BCUT2D eigenvalue weighted by Gasteiger charge is 2.24. The van der Waals surface area contributed by atoms with E-state index in [1.54, 1.807) is 0 Å². The van der Waals surface area contributed by atoms with Gasteiger partial charge in [-0.1, -0.05) is 0 Å². The molecule has 0 aliphatic carbocycles. The summed E-state index contributed by atoms with van der Waals surface area (Å²) in [5.74, 6) is 0.962. The van der Waals surface area contributed by atoms with Crippen LogP contribution >= 0.6 is 0 Å². The van der Waals surface area contributed by atoms with Crippen molar-refractivity contribution in [2.45, 2.75) is 32.7 Å². The minimum atomic E-state index is -2.82. The summed E-state index contributed by atoms with van der Waals surface area (Å²) in [6.07, 6.45) is 1.22. The van der Waals surface area contributed by atoms with Gasteiger partial charge in [0.15, 0.2) is 0 Å². The molecule has 1 saturated heterocycles. The van der Waals surface area contributed by atoms with Crippen molar-refractivity contribution in [2.75, 3.05) is 16.8 Å². The summed E-state index contributed by atoms with van der Waals surface area (Å²) in [6, 6.07) is 0.127. The number of hydrogen-bond acceptors (Lipinski definition) is 6. The molecule has 0 bridgehead atoms. The Morgan fingerprint density at radius 1 is 1.12 bits per heavy atom. The molecule has 1 aromatic heterocycles. The lowest BCUT2D eigenvalue weighted by molar-refractivity contribution is 0.557. The average molecular weight is 256 g/mol. The van der Waals surface area contributed by atoms with Crippen LogP contribution in [0.15, 0.2) is 0 Å². The quantitative estimate of drug-likeness (QED) is 0.828. The van der Waals surface area contributed by atoms with E-state index < -0.39 is 9.84 Å². The van der Waals surface area contributed by atoms with Crippen LogP contribution in [0.5, 0.6) is 0 Å². The smallest absolute Gasteiger partial charge is 0.243 e. The Morgan fingerprint density at radius 2 is 1.76 bits per heavy atom. The summed E-state index contributed by atoms with van der Waals surface area (Å²) in [4.78, 5) is 4.27. The van der Waals surface area contributed by atoms with Crippen LogP contribution in [0, 0.1) is 13.8 Å². The van der Waals surface area contributed by atoms with Gasteiger partial charge in [0.2, 0.25) is 5.95 Å². The standard InChI is InChI=1S/C10H16N4O2S/c1-7-8(2)13-14-10(11-7)12-9-3-5-17(15,16)6-4-9/h9H,3-6H2,1-2H3,(H,11,12,14). The van der Waals surface area contributed by atoms with Crippen LogP contribution in [0.25, 0.3) is 0 Å². The van der Waals surface area contributed by atoms with Crippen molar-refractivity contribution in [2.24, 2.45) is 0 Å². The summed E-state index contributed by atoms with van der Waals surface area (Å²) in [5, 5.41) is 11.1. The van der Waals surface area contributed by atoms with Crippen molar-refractivity contribution < 1.29 is 8.42 Å². The number of hydrogen-bond donors (Lipinski definition) is 1. The van der Waals surface area contributed by atoms with Gasteiger partial charge in [0.05, 0.1) is 22.9 Å². The Kier molecular flexibility index (Phi) is 3.28. The summed E-state index contributed by atoms with van der Waals surface area (Å²) < 4.78 is 22.6. The second-order valence-corrected chi connectivity index (χ2v) is 6.68. The minimum absolute atomic E-state index is 0.127. The maximum atomic E-state index is 11.3. The molecular formula is C10H16N4O2S. The van der Waals surface area contributed by atoms with Crippen molar-refractivity contribution in [3.05, 3.63) is 11.4 Å². The minimum Gasteiger partial charge on any atom is -0.350 e.